The predicted molar refractivity (Wildman–Crippen MR) is 83.3 cm³/mol. The SMILES string of the molecule is Cc1ccc(F)cc1NC(=O)CN1C(=O)N[C@@H](CC(C)C)C1=O. The molecule has 1 heterocycles. The highest BCUT2D eigenvalue weighted by Crippen LogP contribution is 2.17. The van der Waals surface area contributed by atoms with Crippen LogP contribution in [0.3, 0.4) is 0 Å². The molecule has 0 saturated carbocycles. The van der Waals surface area contributed by atoms with Gasteiger partial charge in [0, 0.05) is 5.69 Å². The molecule has 1 fully saturated rings. The monoisotopic (exact) mass is 321 g/mol. The first-order valence-electron chi connectivity index (χ1n) is 7.45. The lowest BCUT2D eigenvalue weighted by molar-refractivity contribution is -0.131. The third-order valence-electron chi connectivity index (χ3n) is 3.59. The summed E-state index contributed by atoms with van der Waals surface area (Å²) in [6, 6.07) is 2.86. The van der Waals surface area contributed by atoms with Gasteiger partial charge in [0.05, 0.1) is 0 Å². The molecule has 0 radical (unpaired) electrons. The second kappa shape index (κ2) is 6.76. The molecular formula is C16H20FN3O3. The summed E-state index contributed by atoms with van der Waals surface area (Å²) >= 11 is 0. The van der Waals surface area contributed by atoms with Gasteiger partial charge in [0.2, 0.25) is 5.91 Å². The maximum Gasteiger partial charge on any atom is 0.325 e. The maximum atomic E-state index is 13.2. The fourth-order valence-corrected chi connectivity index (χ4v) is 2.42. The van der Waals surface area contributed by atoms with Gasteiger partial charge < -0.3 is 10.6 Å². The number of carbonyl (C=O) groups excluding carboxylic acids is 3. The normalized spacial score (nSPS) is 17.6. The van der Waals surface area contributed by atoms with Gasteiger partial charge in [-0.15, -0.1) is 0 Å². The predicted octanol–water partition coefficient (Wildman–Crippen LogP) is 2.04. The summed E-state index contributed by atoms with van der Waals surface area (Å²) in [5.74, 6) is -1.19. The first kappa shape index (κ1) is 16.9. The van der Waals surface area contributed by atoms with E-state index in [9.17, 15) is 18.8 Å². The van der Waals surface area contributed by atoms with Crippen molar-refractivity contribution in [2.24, 2.45) is 5.92 Å². The van der Waals surface area contributed by atoms with Crippen LogP contribution in [0.25, 0.3) is 0 Å². The molecule has 0 spiro atoms. The van der Waals surface area contributed by atoms with E-state index in [2.05, 4.69) is 10.6 Å². The molecule has 0 bridgehead atoms. The van der Waals surface area contributed by atoms with Gasteiger partial charge in [0.15, 0.2) is 0 Å². The van der Waals surface area contributed by atoms with Crippen LogP contribution >= 0.6 is 0 Å². The highest BCUT2D eigenvalue weighted by atomic mass is 19.1. The molecule has 1 atom stereocenters. The van der Waals surface area contributed by atoms with E-state index in [1.165, 1.54) is 18.2 Å². The number of halogens is 1. The molecule has 0 aromatic heterocycles. The second-order valence-corrected chi connectivity index (χ2v) is 6.06. The van der Waals surface area contributed by atoms with Crippen LogP contribution in [0, 0.1) is 18.7 Å². The van der Waals surface area contributed by atoms with Gasteiger partial charge in [-0.2, -0.15) is 0 Å². The minimum absolute atomic E-state index is 0.243. The third-order valence-corrected chi connectivity index (χ3v) is 3.59. The average Bonchev–Trinajstić information content (AvgIpc) is 2.70. The molecule has 23 heavy (non-hydrogen) atoms. The molecule has 1 aliphatic heterocycles. The van der Waals surface area contributed by atoms with E-state index in [1.807, 2.05) is 13.8 Å². The number of nitrogens with one attached hydrogen (secondary N) is 2. The van der Waals surface area contributed by atoms with Gasteiger partial charge in [-0.05, 0) is 37.0 Å². The van der Waals surface area contributed by atoms with Crippen molar-refractivity contribution in [3.63, 3.8) is 0 Å². The lowest BCUT2D eigenvalue weighted by Crippen LogP contribution is -2.38. The number of nitrogens with zero attached hydrogens (tertiary/aromatic N) is 1. The van der Waals surface area contributed by atoms with Crippen LogP contribution in [0.5, 0.6) is 0 Å². The van der Waals surface area contributed by atoms with Crippen molar-refractivity contribution in [2.45, 2.75) is 33.2 Å². The fourth-order valence-electron chi connectivity index (χ4n) is 2.42. The van der Waals surface area contributed by atoms with E-state index in [4.69, 9.17) is 0 Å². The van der Waals surface area contributed by atoms with E-state index in [-0.39, 0.29) is 5.92 Å². The van der Waals surface area contributed by atoms with Crippen LogP contribution in [0.2, 0.25) is 0 Å². The van der Waals surface area contributed by atoms with Gasteiger partial charge >= 0.3 is 6.03 Å². The van der Waals surface area contributed by atoms with Crippen LogP contribution in [-0.2, 0) is 9.59 Å². The van der Waals surface area contributed by atoms with E-state index < -0.39 is 36.2 Å². The van der Waals surface area contributed by atoms with Crippen LogP contribution in [0.1, 0.15) is 25.8 Å². The van der Waals surface area contributed by atoms with E-state index in [0.717, 1.165) is 4.90 Å². The highest BCUT2D eigenvalue weighted by molar-refractivity contribution is 6.07. The summed E-state index contributed by atoms with van der Waals surface area (Å²) in [4.78, 5) is 36.9. The van der Waals surface area contributed by atoms with Crippen molar-refractivity contribution in [1.82, 2.24) is 10.2 Å². The van der Waals surface area contributed by atoms with Gasteiger partial charge in [-0.3, -0.25) is 14.5 Å². The van der Waals surface area contributed by atoms with Crippen molar-refractivity contribution in [1.29, 1.82) is 0 Å². The van der Waals surface area contributed by atoms with E-state index in [0.29, 0.717) is 17.7 Å². The molecule has 2 rings (SSSR count). The average molecular weight is 321 g/mol. The molecule has 0 aliphatic carbocycles. The van der Waals surface area contributed by atoms with Crippen LogP contribution in [0.4, 0.5) is 14.9 Å². The van der Waals surface area contributed by atoms with E-state index in [1.54, 1.807) is 6.92 Å². The number of anilines is 1. The fraction of sp³-hybridized carbons (Fsp3) is 0.438. The van der Waals surface area contributed by atoms with Gasteiger partial charge in [0.25, 0.3) is 5.91 Å². The Bertz CT molecular complexity index is 645. The Kier molecular flexibility index (Phi) is 4.98. The second-order valence-electron chi connectivity index (χ2n) is 6.06. The molecule has 0 unspecified atom stereocenters. The number of hydrogen-bond donors (Lipinski definition) is 2. The molecule has 6 nitrogen and oxygen atoms in total. The first-order chi connectivity index (χ1) is 10.8. The number of benzene rings is 1. The Morgan fingerprint density at radius 1 is 1.39 bits per heavy atom. The third kappa shape index (κ3) is 4.06. The summed E-state index contributed by atoms with van der Waals surface area (Å²) in [6.07, 6.45) is 0.520. The van der Waals surface area contributed by atoms with Crippen molar-refractivity contribution >= 4 is 23.5 Å². The summed E-state index contributed by atoms with van der Waals surface area (Å²) in [5.41, 5.74) is 1.01. The number of urea groups is 1. The smallest absolute Gasteiger partial charge is 0.325 e. The molecule has 1 aromatic rings. The molecule has 7 heteroatoms. The summed E-state index contributed by atoms with van der Waals surface area (Å²) in [6.45, 7) is 5.22. The Balaban J connectivity index is 2.01. The molecular weight excluding hydrogens is 301 g/mol. The topological polar surface area (TPSA) is 78.5 Å². The number of carbonyl (C=O) groups is 3. The summed E-state index contributed by atoms with van der Waals surface area (Å²) in [5, 5.41) is 5.09. The summed E-state index contributed by atoms with van der Waals surface area (Å²) < 4.78 is 13.2. The first-order valence-corrected chi connectivity index (χ1v) is 7.45. The minimum Gasteiger partial charge on any atom is -0.326 e. The Morgan fingerprint density at radius 2 is 2.09 bits per heavy atom. The number of amides is 4. The van der Waals surface area contributed by atoms with E-state index >= 15 is 0 Å². The largest absolute Gasteiger partial charge is 0.326 e. The Hall–Kier alpha value is -2.44. The highest BCUT2D eigenvalue weighted by Gasteiger charge is 2.38. The molecule has 1 saturated heterocycles. The van der Waals surface area contributed by atoms with Crippen molar-refractivity contribution in [3.05, 3.63) is 29.6 Å². The molecule has 4 amide bonds. The maximum absolute atomic E-state index is 13.2. The quantitative estimate of drug-likeness (QED) is 0.815. The lowest BCUT2D eigenvalue weighted by Gasteiger charge is -2.14. The molecule has 2 N–H and O–H groups in total. The molecule has 1 aliphatic rings. The summed E-state index contributed by atoms with van der Waals surface area (Å²) in [7, 11) is 0. The minimum atomic E-state index is -0.591. The van der Waals surface area contributed by atoms with Crippen LogP contribution in [0.15, 0.2) is 18.2 Å². The zero-order valence-electron chi connectivity index (χ0n) is 13.4. The number of rotatable bonds is 5. The van der Waals surface area contributed by atoms with Crippen molar-refractivity contribution < 1.29 is 18.8 Å². The zero-order valence-corrected chi connectivity index (χ0v) is 13.4. The zero-order chi connectivity index (χ0) is 17.1. The van der Waals surface area contributed by atoms with Gasteiger partial charge in [0.1, 0.15) is 18.4 Å². The van der Waals surface area contributed by atoms with Gasteiger partial charge in [-0.1, -0.05) is 19.9 Å². The number of imide groups is 1. The van der Waals surface area contributed by atoms with Crippen LogP contribution < -0.4 is 10.6 Å². The van der Waals surface area contributed by atoms with Crippen molar-refractivity contribution in [2.75, 3.05) is 11.9 Å². The number of hydrogen-bond acceptors (Lipinski definition) is 3. The molecule has 124 valence electrons. The van der Waals surface area contributed by atoms with Crippen molar-refractivity contribution in [3.8, 4) is 0 Å². The Labute approximate surface area is 134 Å². The molecule has 1 aromatic carbocycles. The number of aryl methyl sites for hydroxylation is 1. The van der Waals surface area contributed by atoms with Gasteiger partial charge in [-0.25, -0.2) is 9.18 Å². The standard InChI is InChI=1S/C16H20FN3O3/c1-9(2)6-13-15(22)20(16(23)19-13)8-14(21)18-12-7-11(17)5-4-10(12)3/h4-5,7,9,13H,6,8H2,1-3H3,(H,18,21)(H,19,23)/t13-/m0/s1. The van der Waals surface area contributed by atoms with Crippen LogP contribution in [-0.4, -0.2) is 35.3 Å². The lowest BCUT2D eigenvalue weighted by atomic mass is 10.0. The Morgan fingerprint density at radius 3 is 2.74 bits per heavy atom.